The molecule has 1 aromatic carbocycles. The average Bonchev–Trinajstić information content (AvgIpc) is 2.46. The van der Waals surface area contributed by atoms with Crippen molar-refractivity contribution in [2.24, 2.45) is 5.41 Å². The third-order valence-corrected chi connectivity index (χ3v) is 4.43. The molecule has 2 rings (SSSR count). The van der Waals surface area contributed by atoms with E-state index in [0.29, 0.717) is 12.2 Å². The van der Waals surface area contributed by atoms with Crippen molar-refractivity contribution in [2.75, 3.05) is 19.8 Å². The molecule has 1 fully saturated rings. The Bertz CT molecular complexity index is 561. The monoisotopic (exact) mass is 358 g/mol. The van der Waals surface area contributed by atoms with Crippen LogP contribution in [0.3, 0.4) is 0 Å². The minimum Gasteiger partial charge on any atom is -0.465 e. The summed E-state index contributed by atoms with van der Waals surface area (Å²) in [4.78, 5) is 24.6. The standard InChI is InChI=1S/C15H16BrFO4/c1-2-21-14(19)15(9-20-7-6-12(15)18)8-10-4-3-5-11(17)13(10)16/h3-5H,2,6-9H2,1H3. The fourth-order valence-electron chi connectivity index (χ4n) is 2.40. The Morgan fingerprint density at radius 2 is 2.29 bits per heavy atom. The third-order valence-electron chi connectivity index (χ3n) is 3.55. The number of esters is 1. The number of carbonyl (C=O) groups is 2. The lowest BCUT2D eigenvalue weighted by atomic mass is 9.76. The topological polar surface area (TPSA) is 52.6 Å². The van der Waals surface area contributed by atoms with Gasteiger partial charge in [-0.1, -0.05) is 12.1 Å². The molecule has 1 saturated heterocycles. The van der Waals surface area contributed by atoms with Crippen LogP contribution in [-0.2, 0) is 25.5 Å². The van der Waals surface area contributed by atoms with E-state index >= 15 is 0 Å². The van der Waals surface area contributed by atoms with Gasteiger partial charge in [0.15, 0.2) is 11.2 Å². The lowest BCUT2D eigenvalue weighted by molar-refractivity contribution is -0.169. The van der Waals surface area contributed by atoms with Gasteiger partial charge in [0, 0.05) is 6.42 Å². The quantitative estimate of drug-likeness (QED) is 0.613. The maximum atomic E-state index is 13.6. The molecule has 1 aliphatic rings. The number of Topliss-reactive ketones (excluding diaryl/α,β-unsaturated/α-hetero) is 1. The number of benzene rings is 1. The molecule has 1 atom stereocenters. The van der Waals surface area contributed by atoms with E-state index in [4.69, 9.17) is 9.47 Å². The molecule has 114 valence electrons. The van der Waals surface area contributed by atoms with E-state index in [9.17, 15) is 14.0 Å². The van der Waals surface area contributed by atoms with E-state index in [2.05, 4.69) is 15.9 Å². The number of halogens is 2. The molecule has 1 heterocycles. The summed E-state index contributed by atoms with van der Waals surface area (Å²) in [7, 11) is 0. The molecule has 1 aromatic rings. The second-order valence-electron chi connectivity index (χ2n) is 4.92. The highest BCUT2D eigenvalue weighted by molar-refractivity contribution is 9.10. The van der Waals surface area contributed by atoms with Crippen molar-refractivity contribution in [2.45, 2.75) is 19.8 Å². The highest BCUT2D eigenvalue weighted by Gasteiger charge is 2.49. The largest absolute Gasteiger partial charge is 0.465 e. The van der Waals surface area contributed by atoms with E-state index in [-0.39, 0.29) is 36.3 Å². The molecule has 0 radical (unpaired) electrons. The smallest absolute Gasteiger partial charge is 0.322 e. The molecule has 0 saturated carbocycles. The van der Waals surface area contributed by atoms with Crippen LogP contribution in [0.2, 0.25) is 0 Å². The van der Waals surface area contributed by atoms with Gasteiger partial charge in [-0.3, -0.25) is 9.59 Å². The van der Waals surface area contributed by atoms with Crippen LogP contribution in [0.1, 0.15) is 18.9 Å². The second-order valence-corrected chi connectivity index (χ2v) is 5.71. The Morgan fingerprint density at radius 3 is 2.95 bits per heavy atom. The van der Waals surface area contributed by atoms with Gasteiger partial charge in [-0.25, -0.2) is 4.39 Å². The van der Waals surface area contributed by atoms with Gasteiger partial charge in [-0.2, -0.15) is 0 Å². The molecule has 1 aliphatic heterocycles. The van der Waals surface area contributed by atoms with Crippen LogP contribution < -0.4 is 0 Å². The van der Waals surface area contributed by atoms with Gasteiger partial charge in [0.25, 0.3) is 0 Å². The first-order valence-electron chi connectivity index (χ1n) is 6.72. The molecule has 6 heteroatoms. The summed E-state index contributed by atoms with van der Waals surface area (Å²) in [5, 5.41) is 0. The minimum atomic E-state index is -1.38. The van der Waals surface area contributed by atoms with Gasteiger partial charge in [0.05, 0.1) is 24.3 Å². The Morgan fingerprint density at radius 1 is 1.52 bits per heavy atom. The van der Waals surface area contributed by atoms with Crippen LogP contribution >= 0.6 is 15.9 Å². The van der Waals surface area contributed by atoms with Gasteiger partial charge in [0.2, 0.25) is 0 Å². The number of ketones is 1. The lowest BCUT2D eigenvalue weighted by Gasteiger charge is -2.33. The van der Waals surface area contributed by atoms with Gasteiger partial charge in [-0.05, 0) is 40.9 Å². The molecule has 0 spiro atoms. The van der Waals surface area contributed by atoms with Gasteiger partial charge >= 0.3 is 5.97 Å². The van der Waals surface area contributed by atoms with E-state index in [1.54, 1.807) is 19.1 Å². The first kappa shape index (κ1) is 16.1. The van der Waals surface area contributed by atoms with Crippen LogP contribution in [-0.4, -0.2) is 31.6 Å². The van der Waals surface area contributed by atoms with Crippen molar-refractivity contribution in [1.82, 2.24) is 0 Å². The Balaban J connectivity index is 2.38. The van der Waals surface area contributed by atoms with E-state index in [1.807, 2.05) is 0 Å². The van der Waals surface area contributed by atoms with Crippen molar-refractivity contribution in [3.8, 4) is 0 Å². The third kappa shape index (κ3) is 3.16. The van der Waals surface area contributed by atoms with Gasteiger partial charge < -0.3 is 9.47 Å². The van der Waals surface area contributed by atoms with Gasteiger partial charge in [0.1, 0.15) is 5.82 Å². The van der Waals surface area contributed by atoms with Gasteiger partial charge in [-0.15, -0.1) is 0 Å². The summed E-state index contributed by atoms with van der Waals surface area (Å²) in [6.45, 7) is 2.12. The van der Waals surface area contributed by atoms with Crippen molar-refractivity contribution < 1.29 is 23.5 Å². The zero-order chi connectivity index (χ0) is 15.5. The molecule has 1 unspecified atom stereocenters. The van der Waals surface area contributed by atoms with Crippen LogP contribution in [0.4, 0.5) is 4.39 Å². The SMILES string of the molecule is CCOC(=O)C1(Cc2cccc(F)c2Br)COCCC1=O. The summed E-state index contributed by atoms with van der Waals surface area (Å²) in [6, 6.07) is 4.53. The molecule has 0 N–H and O–H groups in total. The Kier molecular flexibility index (Phi) is 5.11. The minimum absolute atomic E-state index is 0.0341. The Hall–Kier alpha value is -1.27. The van der Waals surface area contributed by atoms with Crippen molar-refractivity contribution in [3.05, 3.63) is 34.1 Å². The predicted octanol–water partition coefficient (Wildman–Crippen LogP) is 2.67. The zero-order valence-electron chi connectivity index (χ0n) is 11.7. The van der Waals surface area contributed by atoms with Crippen LogP contribution in [0, 0.1) is 11.2 Å². The van der Waals surface area contributed by atoms with Crippen LogP contribution in [0.5, 0.6) is 0 Å². The maximum Gasteiger partial charge on any atom is 0.322 e. The van der Waals surface area contributed by atoms with E-state index in [1.165, 1.54) is 6.07 Å². The molecule has 21 heavy (non-hydrogen) atoms. The normalized spacial score (nSPS) is 22.1. The molecular formula is C15H16BrFO4. The number of hydrogen-bond donors (Lipinski definition) is 0. The molecule has 0 aromatic heterocycles. The number of carbonyl (C=O) groups excluding carboxylic acids is 2. The first-order chi connectivity index (χ1) is 10.0. The fraction of sp³-hybridized carbons (Fsp3) is 0.467. The summed E-state index contributed by atoms with van der Waals surface area (Å²) < 4.78 is 24.3. The number of ether oxygens (including phenoxy) is 2. The molecular weight excluding hydrogens is 343 g/mol. The summed E-state index contributed by atoms with van der Waals surface area (Å²) in [5.41, 5.74) is -0.841. The van der Waals surface area contributed by atoms with Crippen molar-refractivity contribution in [3.63, 3.8) is 0 Å². The molecule has 0 amide bonds. The highest BCUT2D eigenvalue weighted by atomic mass is 79.9. The predicted molar refractivity (Wildman–Crippen MR) is 77.3 cm³/mol. The van der Waals surface area contributed by atoms with Crippen LogP contribution in [0.15, 0.2) is 22.7 Å². The maximum absolute atomic E-state index is 13.6. The first-order valence-corrected chi connectivity index (χ1v) is 7.51. The van der Waals surface area contributed by atoms with E-state index in [0.717, 1.165) is 0 Å². The zero-order valence-corrected chi connectivity index (χ0v) is 13.2. The van der Waals surface area contributed by atoms with Crippen molar-refractivity contribution >= 4 is 27.7 Å². The molecule has 0 aliphatic carbocycles. The second kappa shape index (κ2) is 6.66. The number of hydrogen-bond acceptors (Lipinski definition) is 4. The summed E-state index contributed by atoms with van der Waals surface area (Å²) in [5.74, 6) is -1.26. The van der Waals surface area contributed by atoms with Crippen LogP contribution in [0.25, 0.3) is 0 Å². The molecule has 0 bridgehead atoms. The fourth-order valence-corrected chi connectivity index (χ4v) is 2.81. The summed E-state index contributed by atoms with van der Waals surface area (Å²) >= 11 is 3.16. The lowest BCUT2D eigenvalue weighted by Crippen LogP contribution is -2.49. The average molecular weight is 359 g/mol. The van der Waals surface area contributed by atoms with E-state index < -0.39 is 17.2 Å². The summed E-state index contributed by atoms with van der Waals surface area (Å²) in [6.07, 6.45) is 0.217. The molecule has 4 nitrogen and oxygen atoms in total. The van der Waals surface area contributed by atoms with Crippen molar-refractivity contribution in [1.29, 1.82) is 0 Å². The Labute approximate surface area is 130 Å². The number of rotatable bonds is 4. The highest BCUT2D eigenvalue weighted by Crippen LogP contribution is 2.34.